The fourth-order valence-electron chi connectivity index (χ4n) is 2.89. The maximum Gasteiger partial charge on any atom is 0.573 e. The molecule has 6 nitrogen and oxygen atoms in total. The summed E-state index contributed by atoms with van der Waals surface area (Å²) in [5, 5.41) is 15.4. The van der Waals surface area contributed by atoms with Crippen LogP contribution in [0.25, 0.3) is 11.3 Å². The maximum atomic E-state index is 12.3. The van der Waals surface area contributed by atoms with Gasteiger partial charge in [0.15, 0.2) is 0 Å². The van der Waals surface area contributed by atoms with E-state index in [1.54, 1.807) is 6.07 Å². The van der Waals surface area contributed by atoms with Gasteiger partial charge >= 0.3 is 6.36 Å². The lowest BCUT2D eigenvalue weighted by Gasteiger charge is -2.13. The topological polar surface area (TPSA) is 79.3 Å². The van der Waals surface area contributed by atoms with Gasteiger partial charge in [0.05, 0.1) is 12.3 Å². The average molecular weight is 418 g/mol. The third-order valence-electron chi connectivity index (χ3n) is 4.24. The lowest BCUT2D eigenvalue weighted by molar-refractivity contribution is -0.274. The number of nitrogens with zero attached hydrogens (tertiary/aromatic N) is 2. The molecule has 1 heterocycles. The van der Waals surface area contributed by atoms with Crippen LogP contribution in [0.5, 0.6) is 5.75 Å². The minimum Gasteiger partial charge on any atom is -0.406 e. The largest absolute Gasteiger partial charge is 0.573 e. The fourth-order valence-corrected chi connectivity index (χ4v) is 2.89. The standard InChI is InChI=1S/C21H21F3N4O2/c1-2-14-11-16(5-8-18(14)25-9-10-29)28-20-12-19(26-13-27-20)15-3-6-17(7-4-15)30-21(22,23)24/h3-8,11-13,25,29H,2,9-10H2,1H3,(H,26,27,28). The minimum absolute atomic E-state index is 0.0518. The first-order chi connectivity index (χ1) is 14.4. The smallest absolute Gasteiger partial charge is 0.406 e. The zero-order valence-electron chi connectivity index (χ0n) is 16.2. The number of anilines is 3. The lowest BCUT2D eigenvalue weighted by atomic mass is 10.1. The summed E-state index contributed by atoms with van der Waals surface area (Å²) in [6.45, 7) is 2.57. The molecule has 0 aliphatic heterocycles. The van der Waals surface area contributed by atoms with E-state index in [1.165, 1.54) is 30.6 Å². The highest BCUT2D eigenvalue weighted by atomic mass is 19.4. The Balaban J connectivity index is 1.76. The number of aromatic nitrogens is 2. The van der Waals surface area contributed by atoms with E-state index < -0.39 is 6.36 Å². The molecule has 1 aromatic heterocycles. The zero-order chi connectivity index (χ0) is 21.6. The molecule has 3 aromatic rings. The number of ether oxygens (including phenoxy) is 1. The van der Waals surface area contributed by atoms with Crippen molar-refractivity contribution in [2.75, 3.05) is 23.8 Å². The summed E-state index contributed by atoms with van der Waals surface area (Å²) < 4.78 is 40.8. The Morgan fingerprint density at radius 1 is 1.03 bits per heavy atom. The van der Waals surface area contributed by atoms with Crippen LogP contribution < -0.4 is 15.4 Å². The molecule has 0 radical (unpaired) electrons. The van der Waals surface area contributed by atoms with E-state index in [-0.39, 0.29) is 12.4 Å². The Hall–Kier alpha value is -3.33. The van der Waals surface area contributed by atoms with E-state index in [4.69, 9.17) is 5.11 Å². The van der Waals surface area contributed by atoms with Crippen LogP contribution >= 0.6 is 0 Å². The van der Waals surface area contributed by atoms with Gasteiger partial charge < -0.3 is 20.5 Å². The van der Waals surface area contributed by atoms with Crippen LogP contribution in [-0.2, 0) is 6.42 Å². The molecule has 9 heteroatoms. The van der Waals surface area contributed by atoms with Gasteiger partial charge in [-0.25, -0.2) is 9.97 Å². The molecule has 0 saturated carbocycles. The number of aryl methyl sites for hydroxylation is 1. The van der Waals surface area contributed by atoms with E-state index in [0.717, 1.165) is 23.4 Å². The van der Waals surface area contributed by atoms with Crippen LogP contribution in [0, 0.1) is 0 Å². The Morgan fingerprint density at radius 2 is 1.80 bits per heavy atom. The van der Waals surface area contributed by atoms with Crippen LogP contribution in [0.15, 0.2) is 54.9 Å². The van der Waals surface area contributed by atoms with Crippen molar-refractivity contribution in [2.45, 2.75) is 19.7 Å². The second-order valence-corrected chi connectivity index (χ2v) is 6.36. The number of benzene rings is 2. The first kappa shape index (κ1) is 21.4. The van der Waals surface area contributed by atoms with Crippen molar-refractivity contribution < 1.29 is 23.0 Å². The molecule has 0 spiro atoms. The molecule has 2 aromatic carbocycles. The van der Waals surface area contributed by atoms with Crippen LogP contribution in [-0.4, -0.2) is 34.6 Å². The predicted molar refractivity (Wildman–Crippen MR) is 109 cm³/mol. The number of halogens is 3. The van der Waals surface area contributed by atoms with Crippen molar-refractivity contribution in [1.82, 2.24) is 9.97 Å². The number of alkyl halides is 3. The molecule has 0 amide bonds. The van der Waals surface area contributed by atoms with Gasteiger partial charge in [-0.3, -0.25) is 0 Å². The first-order valence-electron chi connectivity index (χ1n) is 9.31. The Labute approximate surface area is 171 Å². The highest BCUT2D eigenvalue weighted by Crippen LogP contribution is 2.27. The summed E-state index contributed by atoms with van der Waals surface area (Å²) in [7, 11) is 0. The van der Waals surface area contributed by atoms with Crippen molar-refractivity contribution in [3.63, 3.8) is 0 Å². The molecule has 0 atom stereocenters. The summed E-state index contributed by atoms with van der Waals surface area (Å²) in [5.41, 5.74) is 4.07. The summed E-state index contributed by atoms with van der Waals surface area (Å²) in [4.78, 5) is 8.40. The molecule has 3 N–H and O–H groups in total. The molecule has 0 aliphatic carbocycles. The number of nitrogens with one attached hydrogen (secondary N) is 2. The SMILES string of the molecule is CCc1cc(Nc2cc(-c3ccc(OC(F)(F)F)cc3)ncn2)ccc1NCCO. The minimum atomic E-state index is -4.73. The van der Waals surface area contributed by atoms with Crippen LogP contribution in [0.4, 0.5) is 30.4 Å². The first-order valence-corrected chi connectivity index (χ1v) is 9.31. The summed E-state index contributed by atoms with van der Waals surface area (Å²) in [6.07, 6.45) is -2.53. The third-order valence-corrected chi connectivity index (χ3v) is 4.24. The highest BCUT2D eigenvalue weighted by Gasteiger charge is 2.30. The van der Waals surface area contributed by atoms with Gasteiger partial charge in [0, 0.05) is 29.5 Å². The molecule has 0 saturated heterocycles. The number of rotatable bonds is 8. The summed E-state index contributed by atoms with van der Waals surface area (Å²) in [6, 6.07) is 13.0. The van der Waals surface area contributed by atoms with Gasteiger partial charge in [-0.1, -0.05) is 6.92 Å². The number of hydrogen-bond acceptors (Lipinski definition) is 6. The summed E-state index contributed by atoms with van der Waals surface area (Å²) in [5.74, 6) is 0.259. The van der Waals surface area contributed by atoms with Crippen LogP contribution in [0.1, 0.15) is 12.5 Å². The molecule has 0 unspecified atom stereocenters. The van der Waals surface area contributed by atoms with Crippen LogP contribution in [0.3, 0.4) is 0 Å². The Morgan fingerprint density at radius 3 is 2.47 bits per heavy atom. The van der Waals surface area contributed by atoms with Gasteiger partial charge in [0.1, 0.15) is 17.9 Å². The molecular weight excluding hydrogens is 397 g/mol. The van der Waals surface area contributed by atoms with Gasteiger partial charge in [-0.05, 0) is 54.4 Å². The van der Waals surface area contributed by atoms with Crippen molar-refractivity contribution in [3.8, 4) is 17.0 Å². The molecule has 0 bridgehead atoms. The van der Waals surface area contributed by atoms with E-state index >= 15 is 0 Å². The number of aliphatic hydroxyl groups excluding tert-OH is 1. The molecule has 0 fully saturated rings. The van der Waals surface area contributed by atoms with E-state index in [0.29, 0.717) is 23.6 Å². The Kier molecular flexibility index (Phi) is 6.73. The molecular formula is C21H21F3N4O2. The van der Waals surface area contributed by atoms with E-state index in [9.17, 15) is 13.2 Å². The zero-order valence-corrected chi connectivity index (χ0v) is 16.2. The third kappa shape index (κ3) is 5.84. The van der Waals surface area contributed by atoms with Gasteiger partial charge in [0.2, 0.25) is 0 Å². The Bertz CT molecular complexity index is 979. The number of hydrogen-bond donors (Lipinski definition) is 3. The van der Waals surface area contributed by atoms with Gasteiger partial charge in [-0.2, -0.15) is 0 Å². The number of aliphatic hydroxyl groups is 1. The van der Waals surface area contributed by atoms with Crippen molar-refractivity contribution in [2.24, 2.45) is 0 Å². The predicted octanol–water partition coefficient (Wildman–Crippen LogP) is 4.75. The molecule has 158 valence electrons. The quantitative estimate of drug-likeness (QED) is 0.490. The summed E-state index contributed by atoms with van der Waals surface area (Å²) >= 11 is 0. The maximum absolute atomic E-state index is 12.3. The highest BCUT2D eigenvalue weighted by molar-refractivity contribution is 5.68. The van der Waals surface area contributed by atoms with Crippen molar-refractivity contribution in [3.05, 3.63) is 60.4 Å². The van der Waals surface area contributed by atoms with Crippen LogP contribution in [0.2, 0.25) is 0 Å². The van der Waals surface area contributed by atoms with Crippen molar-refractivity contribution in [1.29, 1.82) is 0 Å². The van der Waals surface area contributed by atoms with Crippen molar-refractivity contribution >= 4 is 17.2 Å². The van der Waals surface area contributed by atoms with Gasteiger partial charge in [-0.15, -0.1) is 13.2 Å². The second kappa shape index (κ2) is 9.45. The lowest BCUT2D eigenvalue weighted by Crippen LogP contribution is -2.16. The normalized spacial score (nSPS) is 11.2. The molecule has 0 aliphatic rings. The fraction of sp³-hybridized carbons (Fsp3) is 0.238. The molecule has 3 rings (SSSR count). The second-order valence-electron chi connectivity index (χ2n) is 6.36. The van der Waals surface area contributed by atoms with E-state index in [2.05, 4.69) is 25.3 Å². The van der Waals surface area contributed by atoms with E-state index in [1.807, 2.05) is 25.1 Å². The average Bonchev–Trinajstić information content (AvgIpc) is 2.72. The van der Waals surface area contributed by atoms with Gasteiger partial charge in [0.25, 0.3) is 0 Å². The molecule has 30 heavy (non-hydrogen) atoms. The monoisotopic (exact) mass is 418 g/mol.